The van der Waals surface area contributed by atoms with Crippen LogP contribution in [0.1, 0.15) is 23.7 Å². The van der Waals surface area contributed by atoms with Gasteiger partial charge >= 0.3 is 5.97 Å². The number of fused-ring (bicyclic) bond motifs is 1. The summed E-state index contributed by atoms with van der Waals surface area (Å²) >= 11 is 1.47. The summed E-state index contributed by atoms with van der Waals surface area (Å²) in [6.45, 7) is -0.0760. The van der Waals surface area contributed by atoms with E-state index in [0.717, 1.165) is 11.1 Å². The zero-order valence-corrected chi connectivity index (χ0v) is 17.5. The quantitative estimate of drug-likeness (QED) is 0.426. The van der Waals surface area contributed by atoms with Crippen molar-refractivity contribution in [2.75, 3.05) is 12.4 Å². The standard InChI is InChI=1S/C24H22N2O4S/c25-19-22(28)26-20(18(13-7-8-14-27)15-31-23(19)26)24(29)30-21(16-9-3-1-4-10-16)17-11-5-2-6-12-17/h1-6,9-12,19,21,23,27H,8,14-15,25H2/t19-,23-/m1/s1. The molecule has 0 aromatic heterocycles. The van der Waals surface area contributed by atoms with Gasteiger partial charge in [0.2, 0.25) is 5.91 Å². The third-order valence-electron chi connectivity index (χ3n) is 5.11. The van der Waals surface area contributed by atoms with Gasteiger partial charge in [-0.05, 0) is 11.1 Å². The van der Waals surface area contributed by atoms with Crippen LogP contribution < -0.4 is 5.73 Å². The van der Waals surface area contributed by atoms with Crippen molar-refractivity contribution in [3.8, 4) is 11.8 Å². The second-order valence-corrected chi connectivity index (χ2v) is 8.25. The van der Waals surface area contributed by atoms with Gasteiger partial charge in [-0.2, -0.15) is 0 Å². The minimum absolute atomic E-state index is 0.0760. The van der Waals surface area contributed by atoms with Crippen LogP contribution in [0.4, 0.5) is 0 Å². The lowest BCUT2D eigenvalue weighted by Crippen LogP contribution is -2.68. The number of nitrogens with zero attached hydrogens (tertiary/aromatic N) is 1. The summed E-state index contributed by atoms with van der Waals surface area (Å²) < 4.78 is 5.98. The fourth-order valence-electron chi connectivity index (χ4n) is 3.57. The summed E-state index contributed by atoms with van der Waals surface area (Å²) in [7, 11) is 0. The van der Waals surface area contributed by atoms with Gasteiger partial charge in [-0.1, -0.05) is 72.5 Å². The normalized spacial score (nSPS) is 20.0. The Morgan fingerprint density at radius 2 is 1.77 bits per heavy atom. The lowest BCUT2D eigenvalue weighted by atomic mass is 10.0. The summed E-state index contributed by atoms with van der Waals surface area (Å²) in [5, 5.41) is 8.73. The maximum absolute atomic E-state index is 13.4. The molecule has 31 heavy (non-hydrogen) atoms. The number of thioether (sulfide) groups is 1. The highest BCUT2D eigenvalue weighted by Crippen LogP contribution is 2.40. The van der Waals surface area contributed by atoms with Gasteiger partial charge in [-0.15, -0.1) is 11.8 Å². The fraction of sp³-hybridized carbons (Fsp3) is 0.250. The van der Waals surface area contributed by atoms with Crippen LogP contribution in [0.15, 0.2) is 71.9 Å². The molecular weight excluding hydrogens is 412 g/mol. The Morgan fingerprint density at radius 3 is 2.35 bits per heavy atom. The topological polar surface area (TPSA) is 92.9 Å². The summed E-state index contributed by atoms with van der Waals surface area (Å²) in [5.41, 5.74) is 8.24. The van der Waals surface area contributed by atoms with Crippen molar-refractivity contribution in [3.05, 3.63) is 83.1 Å². The summed E-state index contributed by atoms with van der Waals surface area (Å²) in [6, 6.07) is 18.3. The second kappa shape index (κ2) is 9.40. The number of amides is 1. The molecule has 2 aliphatic rings. The van der Waals surface area contributed by atoms with Gasteiger partial charge in [-0.3, -0.25) is 9.69 Å². The number of aliphatic hydroxyl groups excluding tert-OH is 1. The molecule has 1 amide bonds. The Hall–Kier alpha value is -3.05. The number of β-lactam (4-membered cyclic amide) rings is 1. The molecule has 0 bridgehead atoms. The predicted molar refractivity (Wildman–Crippen MR) is 118 cm³/mol. The van der Waals surface area contributed by atoms with E-state index in [9.17, 15) is 9.59 Å². The monoisotopic (exact) mass is 434 g/mol. The van der Waals surface area contributed by atoms with Gasteiger partial charge in [0.25, 0.3) is 0 Å². The molecule has 0 unspecified atom stereocenters. The molecule has 2 aliphatic heterocycles. The molecule has 2 atom stereocenters. The van der Waals surface area contributed by atoms with E-state index in [2.05, 4.69) is 11.8 Å². The second-order valence-electron chi connectivity index (χ2n) is 7.14. The van der Waals surface area contributed by atoms with Crippen molar-refractivity contribution in [1.29, 1.82) is 0 Å². The van der Waals surface area contributed by atoms with E-state index >= 15 is 0 Å². The number of esters is 1. The largest absolute Gasteiger partial charge is 0.448 e. The van der Waals surface area contributed by atoms with Gasteiger partial charge in [0.15, 0.2) is 6.10 Å². The highest BCUT2D eigenvalue weighted by atomic mass is 32.2. The van der Waals surface area contributed by atoms with Gasteiger partial charge in [0, 0.05) is 17.7 Å². The highest BCUT2D eigenvalue weighted by molar-refractivity contribution is 8.00. The Labute approximate surface area is 185 Å². The molecule has 0 aliphatic carbocycles. The van der Waals surface area contributed by atoms with E-state index < -0.39 is 18.1 Å². The first kappa shape index (κ1) is 21.2. The third kappa shape index (κ3) is 4.23. The molecule has 2 heterocycles. The Bertz CT molecular complexity index is 1020. The zero-order valence-electron chi connectivity index (χ0n) is 16.7. The van der Waals surface area contributed by atoms with Crippen LogP contribution in [-0.2, 0) is 14.3 Å². The summed E-state index contributed by atoms with van der Waals surface area (Å²) in [5.74, 6) is 5.30. The number of hydrogen-bond donors (Lipinski definition) is 2. The van der Waals surface area contributed by atoms with Crippen LogP contribution in [0.25, 0.3) is 0 Å². The van der Waals surface area contributed by atoms with Crippen molar-refractivity contribution in [1.82, 2.24) is 4.90 Å². The Kier molecular flexibility index (Phi) is 6.42. The smallest absolute Gasteiger partial charge is 0.357 e. The van der Waals surface area contributed by atoms with Crippen molar-refractivity contribution >= 4 is 23.6 Å². The molecular formula is C24H22N2O4S. The molecule has 0 saturated carbocycles. The maximum atomic E-state index is 13.4. The first-order valence-electron chi connectivity index (χ1n) is 9.96. The van der Waals surface area contributed by atoms with Crippen LogP contribution >= 0.6 is 11.8 Å². The first-order valence-corrected chi connectivity index (χ1v) is 11.0. The lowest BCUT2D eigenvalue weighted by Gasteiger charge is -2.47. The van der Waals surface area contributed by atoms with E-state index in [4.69, 9.17) is 15.6 Å². The van der Waals surface area contributed by atoms with E-state index in [0.29, 0.717) is 11.3 Å². The van der Waals surface area contributed by atoms with Gasteiger partial charge < -0.3 is 15.6 Å². The molecule has 4 rings (SSSR count). The van der Waals surface area contributed by atoms with Crippen LogP contribution in [-0.4, -0.2) is 45.7 Å². The number of carbonyl (C=O) groups excluding carboxylic acids is 2. The SMILES string of the molecule is N[C@@H]1C(=O)N2C(C(=O)OC(c3ccccc3)c3ccccc3)=C(C#CCCO)CS[C@H]12. The Morgan fingerprint density at radius 1 is 1.16 bits per heavy atom. The van der Waals surface area contributed by atoms with Crippen LogP contribution in [0.2, 0.25) is 0 Å². The number of aliphatic hydroxyl groups is 1. The van der Waals surface area contributed by atoms with Crippen LogP contribution in [0, 0.1) is 11.8 Å². The number of nitrogens with two attached hydrogens (primary N) is 1. The number of ether oxygens (including phenoxy) is 1. The molecule has 2 aromatic rings. The number of hydrogen-bond acceptors (Lipinski definition) is 6. The van der Waals surface area contributed by atoms with Crippen molar-refractivity contribution in [2.45, 2.75) is 23.9 Å². The zero-order chi connectivity index (χ0) is 21.8. The van der Waals surface area contributed by atoms with Crippen molar-refractivity contribution in [2.24, 2.45) is 5.73 Å². The number of carbonyl (C=O) groups is 2. The Balaban J connectivity index is 1.70. The average Bonchev–Trinajstić information content (AvgIpc) is 2.82. The molecule has 1 saturated heterocycles. The summed E-state index contributed by atoms with van der Waals surface area (Å²) in [4.78, 5) is 27.3. The fourth-order valence-corrected chi connectivity index (χ4v) is 4.80. The van der Waals surface area contributed by atoms with Gasteiger partial charge in [0.1, 0.15) is 17.1 Å². The molecule has 0 spiro atoms. The highest BCUT2D eigenvalue weighted by Gasteiger charge is 2.52. The van der Waals surface area contributed by atoms with E-state index in [-0.39, 0.29) is 30.0 Å². The van der Waals surface area contributed by atoms with E-state index in [1.54, 1.807) is 0 Å². The lowest BCUT2D eigenvalue weighted by molar-refractivity contribution is -0.153. The van der Waals surface area contributed by atoms with E-state index in [1.807, 2.05) is 60.7 Å². The molecule has 2 aromatic carbocycles. The molecule has 158 valence electrons. The predicted octanol–water partition coefficient (Wildman–Crippen LogP) is 2.20. The van der Waals surface area contributed by atoms with Crippen molar-refractivity contribution in [3.63, 3.8) is 0 Å². The molecule has 7 heteroatoms. The van der Waals surface area contributed by atoms with E-state index in [1.165, 1.54) is 16.7 Å². The minimum atomic E-state index is -0.640. The molecule has 3 N–H and O–H groups in total. The average molecular weight is 435 g/mol. The van der Waals surface area contributed by atoms with Gasteiger partial charge in [0.05, 0.1) is 6.61 Å². The number of benzene rings is 2. The molecule has 6 nitrogen and oxygen atoms in total. The van der Waals surface area contributed by atoms with Crippen LogP contribution in [0.5, 0.6) is 0 Å². The molecule has 0 radical (unpaired) electrons. The maximum Gasteiger partial charge on any atom is 0.357 e. The first-order chi connectivity index (χ1) is 15.1. The minimum Gasteiger partial charge on any atom is -0.448 e. The third-order valence-corrected chi connectivity index (χ3v) is 6.41. The van der Waals surface area contributed by atoms with Gasteiger partial charge in [-0.25, -0.2) is 4.79 Å². The summed E-state index contributed by atoms with van der Waals surface area (Å²) in [6.07, 6.45) is -0.351. The number of rotatable bonds is 5. The molecule has 1 fully saturated rings. The van der Waals surface area contributed by atoms with Crippen LogP contribution in [0.3, 0.4) is 0 Å². The van der Waals surface area contributed by atoms with Crippen molar-refractivity contribution < 1.29 is 19.4 Å².